The highest BCUT2D eigenvalue weighted by Crippen LogP contribution is 2.33. The van der Waals surface area contributed by atoms with E-state index in [1.165, 1.54) is 0 Å². The van der Waals surface area contributed by atoms with Gasteiger partial charge in [0.15, 0.2) is 17.1 Å². The van der Waals surface area contributed by atoms with E-state index in [4.69, 9.17) is 18.9 Å². The quantitative estimate of drug-likeness (QED) is 0.370. The number of hydrogen-bond donors (Lipinski definition) is 0. The standard InChI is InChI=1S/C26H21N5O4/c1-30(14-17-6-7-23-24(10-17)35-16-34-23)26(32)20-11-22(18-4-2-8-27-12-18)29-25-21(20)13-28-31(25)15-19-5-3-9-33-19/h2-13H,14-16H2,1H3. The van der Waals surface area contributed by atoms with Crippen LogP contribution in [-0.2, 0) is 13.1 Å². The van der Waals surface area contributed by atoms with Gasteiger partial charge in [0.2, 0.25) is 6.79 Å². The lowest BCUT2D eigenvalue weighted by molar-refractivity contribution is 0.0787. The van der Waals surface area contributed by atoms with Crippen LogP contribution in [0.5, 0.6) is 11.5 Å². The van der Waals surface area contributed by atoms with Gasteiger partial charge in [-0.3, -0.25) is 9.78 Å². The predicted octanol–water partition coefficient (Wildman–Crippen LogP) is 4.14. The Labute approximate surface area is 200 Å². The Morgan fingerprint density at radius 3 is 2.83 bits per heavy atom. The van der Waals surface area contributed by atoms with E-state index in [1.807, 2.05) is 42.5 Å². The van der Waals surface area contributed by atoms with Crippen molar-refractivity contribution in [1.29, 1.82) is 0 Å². The summed E-state index contributed by atoms with van der Waals surface area (Å²) < 4.78 is 18.1. The highest BCUT2D eigenvalue weighted by atomic mass is 16.7. The molecule has 9 heteroatoms. The number of fused-ring (bicyclic) bond motifs is 2. The van der Waals surface area contributed by atoms with Gasteiger partial charge in [0, 0.05) is 31.5 Å². The number of pyridine rings is 2. The van der Waals surface area contributed by atoms with Crippen molar-refractivity contribution in [3.8, 4) is 22.8 Å². The maximum absolute atomic E-state index is 13.7. The maximum atomic E-state index is 13.7. The van der Waals surface area contributed by atoms with Crippen LogP contribution >= 0.6 is 0 Å². The summed E-state index contributed by atoms with van der Waals surface area (Å²) in [6.07, 6.45) is 6.73. The van der Waals surface area contributed by atoms with Crippen LogP contribution in [0.3, 0.4) is 0 Å². The summed E-state index contributed by atoms with van der Waals surface area (Å²) in [7, 11) is 1.77. The van der Waals surface area contributed by atoms with Crippen molar-refractivity contribution in [3.05, 3.63) is 90.3 Å². The molecule has 174 valence electrons. The van der Waals surface area contributed by atoms with Crippen molar-refractivity contribution < 1.29 is 18.7 Å². The second-order valence-corrected chi connectivity index (χ2v) is 8.26. The van der Waals surface area contributed by atoms with Crippen LogP contribution in [0.2, 0.25) is 0 Å². The van der Waals surface area contributed by atoms with Gasteiger partial charge in [0.1, 0.15) is 12.3 Å². The Bertz CT molecular complexity index is 1510. The Kier molecular flexibility index (Phi) is 5.14. The monoisotopic (exact) mass is 467 g/mol. The molecule has 9 nitrogen and oxygen atoms in total. The number of furan rings is 1. The molecule has 0 N–H and O–H groups in total. The fourth-order valence-electron chi connectivity index (χ4n) is 4.14. The summed E-state index contributed by atoms with van der Waals surface area (Å²) in [4.78, 5) is 24.4. The van der Waals surface area contributed by atoms with Gasteiger partial charge in [-0.2, -0.15) is 5.10 Å². The van der Waals surface area contributed by atoms with Crippen LogP contribution in [0, 0.1) is 0 Å². The number of rotatable bonds is 6. The third-order valence-electron chi connectivity index (χ3n) is 5.89. The lowest BCUT2D eigenvalue weighted by Gasteiger charge is -2.18. The fourth-order valence-corrected chi connectivity index (χ4v) is 4.14. The molecule has 0 unspecified atom stereocenters. The third kappa shape index (κ3) is 3.97. The van der Waals surface area contributed by atoms with Crippen molar-refractivity contribution >= 4 is 16.9 Å². The summed E-state index contributed by atoms with van der Waals surface area (Å²) in [5, 5.41) is 5.18. The number of nitrogens with zero attached hydrogens (tertiary/aromatic N) is 5. The molecule has 1 aliphatic heterocycles. The zero-order valence-corrected chi connectivity index (χ0v) is 18.9. The van der Waals surface area contributed by atoms with E-state index in [2.05, 4.69) is 10.1 Å². The average Bonchev–Trinajstić information content (AvgIpc) is 3.65. The van der Waals surface area contributed by atoms with Crippen LogP contribution in [-0.4, -0.2) is 44.4 Å². The maximum Gasteiger partial charge on any atom is 0.254 e. The minimum absolute atomic E-state index is 0.141. The van der Waals surface area contributed by atoms with Crippen LogP contribution in [0.25, 0.3) is 22.3 Å². The van der Waals surface area contributed by atoms with E-state index in [9.17, 15) is 4.79 Å². The molecule has 0 spiro atoms. The van der Waals surface area contributed by atoms with E-state index < -0.39 is 0 Å². The van der Waals surface area contributed by atoms with Crippen LogP contribution in [0.4, 0.5) is 0 Å². The molecule has 0 saturated heterocycles. The first kappa shape index (κ1) is 20.9. The zero-order valence-electron chi connectivity index (χ0n) is 18.9. The normalized spacial score (nSPS) is 12.3. The Hall–Kier alpha value is -4.66. The highest BCUT2D eigenvalue weighted by molar-refractivity contribution is 6.06. The van der Waals surface area contributed by atoms with Crippen LogP contribution in [0.1, 0.15) is 21.7 Å². The van der Waals surface area contributed by atoms with Crippen molar-refractivity contribution in [2.75, 3.05) is 13.8 Å². The van der Waals surface area contributed by atoms with Gasteiger partial charge in [-0.05, 0) is 48.0 Å². The molecule has 5 heterocycles. The predicted molar refractivity (Wildman–Crippen MR) is 127 cm³/mol. The molecular weight excluding hydrogens is 446 g/mol. The molecule has 0 atom stereocenters. The van der Waals surface area contributed by atoms with Crippen LogP contribution < -0.4 is 9.47 Å². The van der Waals surface area contributed by atoms with Gasteiger partial charge in [-0.15, -0.1) is 0 Å². The van der Waals surface area contributed by atoms with Crippen molar-refractivity contribution in [3.63, 3.8) is 0 Å². The molecule has 0 fully saturated rings. The first-order valence-electron chi connectivity index (χ1n) is 11.1. The Morgan fingerprint density at radius 2 is 2.00 bits per heavy atom. The number of carbonyl (C=O) groups is 1. The lowest BCUT2D eigenvalue weighted by atomic mass is 10.1. The molecule has 5 aromatic rings. The average molecular weight is 467 g/mol. The molecule has 4 aromatic heterocycles. The van der Waals surface area contributed by atoms with Gasteiger partial charge in [0.25, 0.3) is 5.91 Å². The summed E-state index contributed by atoms with van der Waals surface area (Å²) in [6.45, 7) is 1.02. The molecule has 0 bridgehead atoms. The van der Waals surface area contributed by atoms with Crippen LogP contribution in [0.15, 0.2) is 77.8 Å². The first-order chi connectivity index (χ1) is 17.2. The lowest BCUT2D eigenvalue weighted by Crippen LogP contribution is -2.26. The van der Waals surface area contributed by atoms with E-state index in [0.717, 1.165) is 16.9 Å². The number of ether oxygens (including phenoxy) is 2. The van der Waals surface area contributed by atoms with Crippen molar-refractivity contribution in [2.45, 2.75) is 13.1 Å². The second-order valence-electron chi connectivity index (χ2n) is 8.26. The molecule has 0 radical (unpaired) electrons. The SMILES string of the molecule is CN(Cc1ccc2c(c1)OCO2)C(=O)c1cc(-c2cccnc2)nc2c1cnn2Cc1ccco1. The number of carbonyl (C=O) groups excluding carboxylic acids is 1. The van der Waals surface area contributed by atoms with Gasteiger partial charge in [0.05, 0.1) is 29.1 Å². The topological polar surface area (TPSA) is 95.5 Å². The molecule has 35 heavy (non-hydrogen) atoms. The Balaban J connectivity index is 1.38. The zero-order chi connectivity index (χ0) is 23.8. The van der Waals surface area contributed by atoms with Gasteiger partial charge >= 0.3 is 0 Å². The summed E-state index contributed by atoms with van der Waals surface area (Å²) in [5.74, 6) is 2.01. The van der Waals surface area contributed by atoms with Crippen molar-refractivity contribution in [1.82, 2.24) is 24.6 Å². The Morgan fingerprint density at radius 1 is 1.09 bits per heavy atom. The molecular formula is C26H21N5O4. The molecule has 0 saturated carbocycles. The van der Waals surface area contributed by atoms with E-state index in [1.54, 1.807) is 47.5 Å². The van der Waals surface area contributed by atoms with E-state index >= 15 is 0 Å². The summed E-state index contributed by atoms with van der Waals surface area (Å²) in [5.41, 5.74) is 3.51. The molecule has 6 rings (SSSR count). The van der Waals surface area contributed by atoms with E-state index in [0.29, 0.717) is 46.9 Å². The summed E-state index contributed by atoms with van der Waals surface area (Å²) >= 11 is 0. The number of benzene rings is 1. The van der Waals surface area contributed by atoms with Gasteiger partial charge in [-0.25, -0.2) is 9.67 Å². The molecule has 1 amide bonds. The minimum Gasteiger partial charge on any atom is -0.467 e. The number of hydrogen-bond acceptors (Lipinski definition) is 7. The fraction of sp³-hybridized carbons (Fsp3) is 0.154. The van der Waals surface area contributed by atoms with Crippen molar-refractivity contribution in [2.24, 2.45) is 0 Å². The second kappa shape index (κ2) is 8.60. The van der Waals surface area contributed by atoms with Gasteiger partial charge in [-0.1, -0.05) is 6.07 Å². The number of amides is 1. The first-order valence-corrected chi connectivity index (χ1v) is 11.1. The van der Waals surface area contributed by atoms with Gasteiger partial charge < -0.3 is 18.8 Å². The van der Waals surface area contributed by atoms with E-state index in [-0.39, 0.29) is 12.7 Å². The molecule has 1 aliphatic rings. The highest BCUT2D eigenvalue weighted by Gasteiger charge is 2.22. The third-order valence-corrected chi connectivity index (χ3v) is 5.89. The molecule has 1 aromatic carbocycles. The molecule has 0 aliphatic carbocycles. The summed E-state index contributed by atoms with van der Waals surface area (Å²) in [6, 6.07) is 15.0. The largest absolute Gasteiger partial charge is 0.467 e. The number of aromatic nitrogens is 4. The minimum atomic E-state index is -0.141. The smallest absolute Gasteiger partial charge is 0.254 e.